The second-order valence-corrected chi connectivity index (χ2v) is 4.72. The molecule has 0 saturated carbocycles. The highest BCUT2D eigenvalue weighted by Gasteiger charge is 2.18. The first-order chi connectivity index (χ1) is 6.50. The number of nitrogens with zero attached hydrogens (tertiary/aromatic N) is 1. The Morgan fingerprint density at radius 3 is 2.43 bits per heavy atom. The molecule has 2 heteroatoms. The molecule has 0 amide bonds. The van der Waals surface area contributed by atoms with Crippen molar-refractivity contribution >= 4 is 18.9 Å². The van der Waals surface area contributed by atoms with Crippen LogP contribution >= 0.6 is 0 Å². The van der Waals surface area contributed by atoms with Crippen molar-refractivity contribution in [1.82, 2.24) is 4.48 Å². The fourth-order valence-corrected chi connectivity index (χ4v) is 1.80. The Hall–Kier alpha value is -1.18. The van der Waals surface area contributed by atoms with Crippen LogP contribution in [0.1, 0.15) is 26.3 Å². The normalized spacial score (nSPS) is 12.2. The molecule has 70 valence electrons. The molecule has 1 aromatic carbocycles. The molecule has 0 saturated heterocycles. The SMILES string of the molecule is [B]n1cc(C(C)(C)C)c2ccccc21. The van der Waals surface area contributed by atoms with E-state index in [4.69, 9.17) is 7.98 Å². The van der Waals surface area contributed by atoms with E-state index >= 15 is 0 Å². The number of rotatable bonds is 0. The summed E-state index contributed by atoms with van der Waals surface area (Å²) in [7, 11) is 5.89. The summed E-state index contributed by atoms with van der Waals surface area (Å²) < 4.78 is 1.70. The van der Waals surface area contributed by atoms with Crippen LogP contribution in [-0.2, 0) is 5.41 Å². The molecular weight excluding hydrogens is 169 g/mol. The molecule has 0 bridgehead atoms. The molecule has 1 nitrogen and oxygen atoms in total. The zero-order valence-corrected chi connectivity index (χ0v) is 8.91. The molecule has 0 aliphatic carbocycles. The Balaban J connectivity index is 2.80. The average Bonchev–Trinajstić information content (AvgIpc) is 2.44. The quantitative estimate of drug-likeness (QED) is 0.553. The summed E-state index contributed by atoms with van der Waals surface area (Å²) in [6.07, 6.45) is 2.02. The van der Waals surface area contributed by atoms with E-state index in [1.54, 1.807) is 4.48 Å². The smallest absolute Gasteiger partial charge is 0.234 e. The minimum atomic E-state index is 0.143. The summed E-state index contributed by atoms with van der Waals surface area (Å²) in [6.45, 7) is 6.61. The van der Waals surface area contributed by atoms with Crippen LogP contribution < -0.4 is 0 Å². The third kappa shape index (κ3) is 1.35. The lowest BCUT2D eigenvalue weighted by Gasteiger charge is -2.17. The molecule has 2 aromatic rings. The van der Waals surface area contributed by atoms with Crippen molar-refractivity contribution in [3.8, 4) is 0 Å². The maximum Gasteiger partial charge on any atom is 0.234 e. The maximum atomic E-state index is 5.89. The Morgan fingerprint density at radius 1 is 1.14 bits per heavy atom. The highest BCUT2D eigenvalue weighted by Crippen LogP contribution is 2.30. The molecule has 1 aromatic heterocycles. The lowest BCUT2D eigenvalue weighted by atomic mass is 9.87. The first kappa shape index (κ1) is 9.38. The first-order valence-electron chi connectivity index (χ1n) is 4.86. The van der Waals surface area contributed by atoms with Gasteiger partial charge in [0, 0.05) is 10.9 Å². The number of benzene rings is 1. The minimum absolute atomic E-state index is 0.143. The Labute approximate surface area is 86.2 Å². The molecule has 2 radical (unpaired) electrons. The average molecular weight is 183 g/mol. The van der Waals surface area contributed by atoms with Crippen LogP contribution in [0.15, 0.2) is 30.5 Å². The van der Waals surface area contributed by atoms with E-state index < -0.39 is 0 Å². The van der Waals surface area contributed by atoms with E-state index in [1.807, 2.05) is 18.3 Å². The van der Waals surface area contributed by atoms with Crippen molar-refractivity contribution in [2.24, 2.45) is 0 Å². The number of aromatic nitrogens is 1. The van der Waals surface area contributed by atoms with Gasteiger partial charge in [0.1, 0.15) is 0 Å². The van der Waals surface area contributed by atoms with Crippen LogP contribution in [0.5, 0.6) is 0 Å². The summed E-state index contributed by atoms with van der Waals surface area (Å²) in [5, 5.41) is 1.25. The number of para-hydroxylation sites is 1. The van der Waals surface area contributed by atoms with Crippen molar-refractivity contribution in [3.05, 3.63) is 36.0 Å². The van der Waals surface area contributed by atoms with Gasteiger partial charge in [-0.25, -0.2) is 0 Å². The molecule has 0 aliphatic rings. The van der Waals surface area contributed by atoms with Gasteiger partial charge in [-0.2, -0.15) is 0 Å². The van der Waals surface area contributed by atoms with Crippen molar-refractivity contribution in [1.29, 1.82) is 0 Å². The highest BCUT2D eigenvalue weighted by molar-refractivity contribution is 6.12. The number of hydrogen-bond donors (Lipinski definition) is 0. The summed E-state index contributed by atoms with van der Waals surface area (Å²) in [4.78, 5) is 0. The zero-order valence-electron chi connectivity index (χ0n) is 8.91. The Kier molecular flexibility index (Phi) is 1.95. The van der Waals surface area contributed by atoms with Gasteiger partial charge < -0.3 is 4.48 Å². The fourth-order valence-electron chi connectivity index (χ4n) is 1.80. The van der Waals surface area contributed by atoms with E-state index in [-0.39, 0.29) is 5.41 Å². The van der Waals surface area contributed by atoms with Crippen molar-refractivity contribution < 1.29 is 0 Å². The molecule has 14 heavy (non-hydrogen) atoms. The van der Waals surface area contributed by atoms with E-state index in [1.165, 1.54) is 10.9 Å². The second kappa shape index (κ2) is 2.91. The Bertz CT molecular complexity index is 463. The van der Waals surface area contributed by atoms with E-state index in [0.717, 1.165) is 5.52 Å². The van der Waals surface area contributed by atoms with Gasteiger partial charge in [-0.1, -0.05) is 39.0 Å². The third-order valence-corrected chi connectivity index (χ3v) is 2.55. The monoisotopic (exact) mass is 183 g/mol. The number of hydrogen-bond acceptors (Lipinski definition) is 0. The van der Waals surface area contributed by atoms with Crippen molar-refractivity contribution in [3.63, 3.8) is 0 Å². The Morgan fingerprint density at radius 2 is 1.79 bits per heavy atom. The zero-order chi connectivity index (χ0) is 10.3. The third-order valence-electron chi connectivity index (χ3n) is 2.55. The largest absolute Gasteiger partial charge is 0.403 e. The summed E-state index contributed by atoms with van der Waals surface area (Å²) >= 11 is 0. The molecule has 0 atom stereocenters. The summed E-state index contributed by atoms with van der Waals surface area (Å²) in [5.41, 5.74) is 2.54. The number of fused-ring (bicyclic) bond motifs is 1. The van der Waals surface area contributed by atoms with E-state index in [9.17, 15) is 0 Å². The molecule has 0 N–H and O–H groups in total. The van der Waals surface area contributed by atoms with Crippen LogP contribution in [0.3, 0.4) is 0 Å². The molecule has 1 heterocycles. The predicted octanol–water partition coefficient (Wildman–Crippen LogP) is 2.87. The van der Waals surface area contributed by atoms with Gasteiger partial charge in [-0.15, -0.1) is 0 Å². The molecule has 0 spiro atoms. The van der Waals surface area contributed by atoms with Crippen molar-refractivity contribution in [2.75, 3.05) is 0 Å². The van der Waals surface area contributed by atoms with Crippen LogP contribution in [0, 0.1) is 0 Å². The van der Waals surface area contributed by atoms with Crippen LogP contribution in [0.2, 0.25) is 0 Å². The van der Waals surface area contributed by atoms with Gasteiger partial charge in [0.2, 0.25) is 7.98 Å². The fraction of sp³-hybridized carbons (Fsp3) is 0.333. The van der Waals surface area contributed by atoms with Crippen LogP contribution in [0.4, 0.5) is 0 Å². The van der Waals surface area contributed by atoms with Gasteiger partial charge in [0.05, 0.1) is 0 Å². The molecule has 0 unspecified atom stereocenters. The molecular formula is C12H14BN. The molecule has 0 fully saturated rings. The predicted molar refractivity (Wildman–Crippen MR) is 61.8 cm³/mol. The van der Waals surface area contributed by atoms with Gasteiger partial charge in [-0.05, 0) is 23.2 Å². The second-order valence-electron chi connectivity index (χ2n) is 4.72. The topological polar surface area (TPSA) is 4.93 Å². The van der Waals surface area contributed by atoms with Crippen molar-refractivity contribution in [2.45, 2.75) is 26.2 Å². The van der Waals surface area contributed by atoms with Gasteiger partial charge in [0.25, 0.3) is 0 Å². The maximum absolute atomic E-state index is 5.89. The van der Waals surface area contributed by atoms with E-state index in [0.29, 0.717) is 0 Å². The summed E-state index contributed by atoms with van der Waals surface area (Å²) in [5.74, 6) is 0. The van der Waals surface area contributed by atoms with E-state index in [2.05, 4.69) is 32.9 Å². The molecule has 2 rings (SSSR count). The lowest BCUT2D eigenvalue weighted by molar-refractivity contribution is 0.595. The molecule has 0 aliphatic heterocycles. The van der Waals surface area contributed by atoms with Gasteiger partial charge >= 0.3 is 0 Å². The lowest BCUT2D eigenvalue weighted by Crippen LogP contribution is -2.10. The minimum Gasteiger partial charge on any atom is -0.403 e. The summed E-state index contributed by atoms with van der Waals surface area (Å²) in [6, 6.07) is 8.24. The van der Waals surface area contributed by atoms with Gasteiger partial charge in [0.15, 0.2) is 0 Å². The van der Waals surface area contributed by atoms with Gasteiger partial charge in [-0.3, -0.25) is 0 Å². The highest BCUT2D eigenvalue weighted by atomic mass is 14.8. The standard InChI is InChI=1S/C12H14BN/c1-12(2,3)10-8-14(13)11-7-5-4-6-9(10)11/h4-8H,1-3H3. The first-order valence-corrected chi connectivity index (χ1v) is 4.86. The van der Waals surface area contributed by atoms with Crippen LogP contribution in [0.25, 0.3) is 10.9 Å². The van der Waals surface area contributed by atoms with Crippen LogP contribution in [-0.4, -0.2) is 12.5 Å².